The van der Waals surface area contributed by atoms with Gasteiger partial charge in [0.1, 0.15) is 18.1 Å². The lowest BCUT2D eigenvalue weighted by molar-refractivity contribution is 0.235. The van der Waals surface area contributed by atoms with E-state index >= 15 is 0 Å². The van der Waals surface area contributed by atoms with Crippen molar-refractivity contribution < 1.29 is 13.9 Å². The molecule has 118 valence electrons. The van der Waals surface area contributed by atoms with Gasteiger partial charge in [-0.3, -0.25) is 0 Å². The Kier molecular flexibility index (Phi) is 4.79. The smallest absolute Gasteiger partial charge is 0.315 e. The summed E-state index contributed by atoms with van der Waals surface area (Å²) in [6.45, 7) is 1.20. The summed E-state index contributed by atoms with van der Waals surface area (Å²) in [5, 5.41) is 7.75. The van der Waals surface area contributed by atoms with Gasteiger partial charge in [0.15, 0.2) is 0 Å². The standard InChI is InChI=1S/C18H18N2O3/c21-18(20-13-17-6-3-10-22-17)19-9-11-23-16-8-7-14-4-1-2-5-15(14)12-16/h1-8,10,12H,9,11,13H2,(H2,19,20,21). The van der Waals surface area contributed by atoms with Crippen LogP contribution < -0.4 is 15.4 Å². The zero-order chi connectivity index (χ0) is 15.9. The summed E-state index contributed by atoms with van der Waals surface area (Å²) < 4.78 is 10.8. The maximum atomic E-state index is 11.6. The normalized spacial score (nSPS) is 10.4. The summed E-state index contributed by atoms with van der Waals surface area (Å²) >= 11 is 0. The van der Waals surface area contributed by atoms with Crippen molar-refractivity contribution in [3.63, 3.8) is 0 Å². The quantitative estimate of drug-likeness (QED) is 0.687. The van der Waals surface area contributed by atoms with Crippen LogP contribution in [0.15, 0.2) is 65.3 Å². The molecule has 1 aromatic heterocycles. The van der Waals surface area contributed by atoms with E-state index < -0.39 is 0 Å². The lowest BCUT2D eigenvalue weighted by Gasteiger charge is -2.09. The number of hydrogen-bond acceptors (Lipinski definition) is 3. The summed E-state index contributed by atoms with van der Waals surface area (Å²) in [6.07, 6.45) is 1.58. The highest BCUT2D eigenvalue weighted by atomic mass is 16.5. The van der Waals surface area contributed by atoms with Crippen molar-refractivity contribution >= 4 is 16.8 Å². The number of benzene rings is 2. The van der Waals surface area contributed by atoms with Gasteiger partial charge in [-0.2, -0.15) is 0 Å². The number of amides is 2. The third-order valence-corrected chi connectivity index (χ3v) is 3.38. The van der Waals surface area contributed by atoms with E-state index in [0.717, 1.165) is 11.1 Å². The average molecular weight is 310 g/mol. The summed E-state index contributed by atoms with van der Waals surface area (Å²) in [7, 11) is 0. The minimum absolute atomic E-state index is 0.247. The number of urea groups is 1. The molecule has 0 atom stereocenters. The second-order valence-corrected chi connectivity index (χ2v) is 5.05. The number of fused-ring (bicyclic) bond motifs is 1. The van der Waals surface area contributed by atoms with Crippen LogP contribution in [0.3, 0.4) is 0 Å². The number of hydrogen-bond donors (Lipinski definition) is 2. The van der Waals surface area contributed by atoms with Gasteiger partial charge >= 0.3 is 6.03 Å². The molecule has 0 radical (unpaired) electrons. The number of ether oxygens (including phenoxy) is 1. The molecule has 2 N–H and O–H groups in total. The molecule has 0 aliphatic rings. The van der Waals surface area contributed by atoms with E-state index in [1.165, 1.54) is 5.39 Å². The van der Waals surface area contributed by atoms with Crippen molar-refractivity contribution in [3.8, 4) is 5.75 Å². The predicted octanol–water partition coefficient (Wildman–Crippen LogP) is 3.31. The van der Waals surface area contributed by atoms with Gasteiger partial charge in [-0.15, -0.1) is 0 Å². The molecule has 0 fully saturated rings. The monoisotopic (exact) mass is 310 g/mol. The molecule has 3 rings (SSSR count). The molecule has 2 amide bonds. The fraction of sp³-hybridized carbons (Fsp3) is 0.167. The van der Waals surface area contributed by atoms with Crippen LogP contribution in [0.25, 0.3) is 10.8 Å². The molecule has 1 heterocycles. The zero-order valence-corrected chi connectivity index (χ0v) is 12.6. The molecule has 0 saturated carbocycles. The van der Waals surface area contributed by atoms with Gasteiger partial charge in [-0.1, -0.05) is 30.3 Å². The SMILES string of the molecule is O=C(NCCOc1ccc2ccccc2c1)NCc1ccco1. The Morgan fingerprint density at radius 3 is 2.70 bits per heavy atom. The van der Waals surface area contributed by atoms with Crippen LogP contribution in [0, 0.1) is 0 Å². The van der Waals surface area contributed by atoms with Crippen molar-refractivity contribution in [2.45, 2.75) is 6.54 Å². The molecule has 2 aromatic carbocycles. The Morgan fingerprint density at radius 1 is 1.00 bits per heavy atom. The van der Waals surface area contributed by atoms with Gasteiger partial charge in [0.05, 0.1) is 19.4 Å². The third-order valence-electron chi connectivity index (χ3n) is 3.38. The van der Waals surface area contributed by atoms with Crippen molar-refractivity contribution in [1.82, 2.24) is 10.6 Å². The van der Waals surface area contributed by atoms with Crippen LogP contribution in [0.2, 0.25) is 0 Å². The molecule has 0 unspecified atom stereocenters. The van der Waals surface area contributed by atoms with Gasteiger partial charge in [0.25, 0.3) is 0 Å². The first-order valence-corrected chi connectivity index (χ1v) is 7.47. The number of carbonyl (C=O) groups excluding carboxylic acids is 1. The first-order valence-electron chi connectivity index (χ1n) is 7.47. The highest BCUT2D eigenvalue weighted by Gasteiger charge is 2.02. The fourth-order valence-electron chi connectivity index (χ4n) is 2.23. The molecule has 0 aliphatic carbocycles. The molecule has 3 aromatic rings. The topological polar surface area (TPSA) is 63.5 Å². The van der Waals surface area contributed by atoms with E-state index in [0.29, 0.717) is 25.5 Å². The van der Waals surface area contributed by atoms with Crippen molar-refractivity contribution in [2.75, 3.05) is 13.2 Å². The first-order chi connectivity index (χ1) is 11.3. The third kappa shape index (κ3) is 4.26. The molecule has 5 heteroatoms. The average Bonchev–Trinajstić information content (AvgIpc) is 3.10. The predicted molar refractivity (Wildman–Crippen MR) is 88.4 cm³/mol. The molecular formula is C18H18N2O3. The van der Waals surface area contributed by atoms with Crippen molar-refractivity contribution in [3.05, 3.63) is 66.6 Å². The maximum absolute atomic E-state index is 11.6. The van der Waals surface area contributed by atoms with E-state index in [2.05, 4.69) is 16.7 Å². The number of rotatable bonds is 6. The van der Waals surface area contributed by atoms with Crippen LogP contribution >= 0.6 is 0 Å². The number of furan rings is 1. The Morgan fingerprint density at radius 2 is 1.87 bits per heavy atom. The van der Waals surface area contributed by atoms with E-state index in [4.69, 9.17) is 9.15 Å². The fourth-order valence-corrected chi connectivity index (χ4v) is 2.23. The molecular weight excluding hydrogens is 292 g/mol. The van der Waals surface area contributed by atoms with E-state index in [1.807, 2.05) is 42.5 Å². The summed E-state index contributed by atoms with van der Waals surface area (Å²) in [6, 6.07) is 17.4. The lowest BCUT2D eigenvalue weighted by atomic mass is 10.1. The second kappa shape index (κ2) is 7.35. The minimum atomic E-state index is -0.247. The van der Waals surface area contributed by atoms with Crippen LogP contribution in [0.1, 0.15) is 5.76 Å². The molecule has 0 bridgehead atoms. The molecule has 0 saturated heterocycles. The maximum Gasteiger partial charge on any atom is 0.315 e. The number of nitrogens with one attached hydrogen (secondary N) is 2. The largest absolute Gasteiger partial charge is 0.492 e. The van der Waals surface area contributed by atoms with Gasteiger partial charge in [-0.25, -0.2) is 4.79 Å². The summed E-state index contributed by atoms with van der Waals surface area (Å²) in [4.78, 5) is 11.6. The summed E-state index contributed by atoms with van der Waals surface area (Å²) in [5.74, 6) is 1.51. The van der Waals surface area contributed by atoms with Gasteiger partial charge in [0, 0.05) is 0 Å². The van der Waals surface area contributed by atoms with Crippen LogP contribution in [-0.4, -0.2) is 19.2 Å². The Labute approximate surface area is 134 Å². The molecule has 23 heavy (non-hydrogen) atoms. The van der Waals surface area contributed by atoms with Gasteiger partial charge in [-0.05, 0) is 35.0 Å². The minimum Gasteiger partial charge on any atom is -0.492 e. The molecule has 0 aliphatic heterocycles. The Hall–Kier alpha value is -2.95. The first kappa shape index (κ1) is 15.0. The number of carbonyl (C=O) groups is 1. The van der Waals surface area contributed by atoms with E-state index in [9.17, 15) is 4.79 Å². The van der Waals surface area contributed by atoms with E-state index in [1.54, 1.807) is 12.3 Å². The second-order valence-electron chi connectivity index (χ2n) is 5.05. The van der Waals surface area contributed by atoms with Crippen LogP contribution in [-0.2, 0) is 6.54 Å². The van der Waals surface area contributed by atoms with Gasteiger partial charge in [0.2, 0.25) is 0 Å². The van der Waals surface area contributed by atoms with Crippen LogP contribution in [0.5, 0.6) is 5.75 Å². The van der Waals surface area contributed by atoms with Crippen molar-refractivity contribution in [2.24, 2.45) is 0 Å². The Balaban J connectivity index is 1.39. The van der Waals surface area contributed by atoms with E-state index in [-0.39, 0.29) is 6.03 Å². The highest BCUT2D eigenvalue weighted by Crippen LogP contribution is 2.20. The summed E-state index contributed by atoms with van der Waals surface area (Å²) in [5.41, 5.74) is 0. The van der Waals surface area contributed by atoms with Gasteiger partial charge < -0.3 is 19.8 Å². The van der Waals surface area contributed by atoms with Crippen molar-refractivity contribution in [1.29, 1.82) is 0 Å². The lowest BCUT2D eigenvalue weighted by Crippen LogP contribution is -2.37. The zero-order valence-electron chi connectivity index (χ0n) is 12.6. The van der Waals surface area contributed by atoms with Crippen LogP contribution in [0.4, 0.5) is 4.79 Å². The Bertz CT molecular complexity index is 769. The molecule has 0 spiro atoms. The highest BCUT2D eigenvalue weighted by molar-refractivity contribution is 5.83. The molecule has 5 nitrogen and oxygen atoms in total.